The van der Waals surface area contributed by atoms with E-state index >= 15 is 0 Å². The van der Waals surface area contributed by atoms with Crippen molar-refractivity contribution in [2.24, 2.45) is 0 Å². The maximum absolute atomic E-state index is 6.15. The fourth-order valence-electron chi connectivity index (χ4n) is 9.88. The van der Waals surface area contributed by atoms with Gasteiger partial charge in [-0.15, -0.1) is 0 Å². The van der Waals surface area contributed by atoms with Gasteiger partial charge >= 0.3 is 0 Å². The lowest BCUT2D eigenvalue weighted by Gasteiger charge is -2.21. The van der Waals surface area contributed by atoms with Crippen LogP contribution in [0.1, 0.15) is 244 Å². The Hall–Kier alpha value is -3.52. The SMILES string of the molecule is CCCCCCCCCCC(c1ccc(CCCCCCCCCCCc2ccc(C(CCCCCCCCCC)c3ccc(N)cc3C)cc2)cc1)c1ccc(N)cc1C. The summed E-state index contributed by atoms with van der Waals surface area (Å²) in [5.74, 6) is 0.916. The zero-order valence-corrected chi connectivity index (χ0v) is 39.9. The van der Waals surface area contributed by atoms with E-state index in [9.17, 15) is 0 Å². The first-order chi connectivity index (χ1) is 29.9. The van der Waals surface area contributed by atoms with Crippen LogP contribution in [0.15, 0.2) is 84.9 Å². The van der Waals surface area contributed by atoms with E-state index in [1.807, 2.05) is 0 Å². The summed E-state index contributed by atoms with van der Waals surface area (Å²) in [6.45, 7) is 9.07. The van der Waals surface area contributed by atoms with Gasteiger partial charge in [-0.3, -0.25) is 0 Å². The molecule has 0 heterocycles. The molecule has 0 spiro atoms. The summed E-state index contributed by atoms with van der Waals surface area (Å²) in [6, 6.07) is 32.4. The maximum atomic E-state index is 6.15. The molecule has 0 radical (unpaired) electrons. The standard InChI is InChI=1S/C59H90N2/c1-5-7-9-11-13-20-24-28-32-58(56-44-42-54(60)46-48(56)3)52-38-34-50(35-39-52)30-26-22-18-16-15-17-19-23-27-31-51-36-40-53(41-37-51)59(57-45-43-55(61)47-49(57)4)33-29-25-21-14-12-10-8-6-2/h34-47,58-59H,5-33,60-61H2,1-4H3. The average molecular weight is 827 g/mol. The van der Waals surface area contributed by atoms with E-state index in [2.05, 4.69) is 113 Å². The van der Waals surface area contributed by atoms with Crippen molar-refractivity contribution in [2.75, 3.05) is 11.5 Å². The zero-order valence-electron chi connectivity index (χ0n) is 39.9. The van der Waals surface area contributed by atoms with Crippen molar-refractivity contribution < 1.29 is 0 Å². The van der Waals surface area contributed by atoms with Gasteiger partial charge in [0, 0.05) is 23.2 Å². The molecule has 4 rings (SSSR count). The summed E-state index contributed by atoms with van der Waals surface area (Å²) >= 11 is 0. The highest BCUT2D eigenvalue weighted by molar-refractivity contribution is 5.49. The van der Waals surface area contributed by atoms with Gasteiger partial charge in [0.1, 0.15) is 0 Å². The van der Waals surface area contributed by atoms with Crippen LogP contribution in [0.25, 0.3) is 0 Å². The second-order valence-corrected chi connectivity index (χ2v) is 19.0. The van der Waals surface area contributed by atoms with Crippen LogP contribution >= 0.6 is 0 Å². The van der Waals surface area contributed by atoms with E-state index in [4.69, 9.17) is 11.5 Å². The monoisotopic (exact) mass is 827 g/mol. The van der Waals surface area contributed by atoms with Crippen LogP contribution in [-0.4, -0.2) is 0 Å². The zero-order chi connectivity index (χ0) is 43.3. The van der Waals surface area contributed by atoms with Crippen LogP contribution in [0.4, 0.5) is 11.4 Å². The van der Waals surface area contributed by atoms with Gasteiger partial charge in [0.15, 0.2) is 0 Å². The van der Waals surface area contributed by atoms with Crippen molar-refractivity contribution in [3.8, 4) is 0 Å². The summed E-state index contributed by atoms with van der Waals surface area (Å²) < 4.78 is 0. The Kier molecular flexibility index (Phi) is 25.1. The first kappa shape index (κ1) is 50.1. The first-order valence-electron chi connectivity index (χ1n) is 25.8. The van der Waals surface area contributed by atoms with Crippen LogP contribution in [0.5, 0.6) is 0 Å². The molecule has 336 valence electrons. The van der Waals surface area contributed by atoms with E-state index in [0.717, 1.165) is 11.4 Å². The fourth-order valence-corrected chi connectivity index (χ4v) is 9.88. The molecule has 61 heavy (non-hydrogen) atoms. The third-order valence-electron chi connectivity index (χ3n) is 13.7. The smallest absolute Gasteiger partial charge is 0.0316 e. The van der Waals surface area contributed by atoms with Gasteiger partial charge in [-0.1, -0.05) is 222 Å². The molecule has 2 unspecified atom stereocenters. The molecule has 4 N–H and O–H groups in total. The quantitative estimate of drug-likeness (QED) is 0.0364. The Morgan fingerprint density at radius 3 is 0.951 bits per heavy atom. The average Bonchev–Trinajstić information content (AvgIpc) is 3.26. The number of nitrogen functional groups attached to an aromatic ring is 2. The van der Waals surface area contributed by atoms with E-state index in [0.29, 0.717) is 11.8 Å². The van der Waals surface area contributed by atoms with Gasteiger partial charge < -0.3 is 11.5 Å². The molecule has 0 aliphatic heterocycles. The van der Waals surface area contributed by atoms with Gasteiger partial charge in [0.25, 0.3) is 0 Å². The minimum Gasteiger partial charge on any atom is -0.399 e. The molecule has 0 fully saturated rings. The summed E-state index contributed by atoms with van der Waals surface area (Å²) in [5, 5.41) is 0. The van der Waals surface area contributed by atoms with E-state index < -0.39 is 0 Å². The van der Waals surface area contributed by atoms with Crippen molar-refractivity contribution in [1.29, 1.82) is 0 Å². The molecule has 4 aromatic carbocycles. The van der Waals surface area contributed by atoms with Crippen molar-refractivity contribution in [3.05, 3.63) is 129 Å². The van der Waals surface area contributed by atoms with Gasteiger partial charge in [-0.2, -0.15) is 0 Å². The summed E-state index contributed by atoms with van der Waals surface area (Å²) in [7, 11) is 0. The highest BCUT2D eigenvalue weighted by Gasteiger charge is 2.18. The minimum atomic E-state index is 0.458. The number of hydrogen-bond donors (Lipinski definition) is 2. The van der Waals surface area contributed by atoms with E-state index in [-0.39, 0.29) is 0 Å². The predicted molar refractivity (Wildman–Crippen MR) is 271 cm³/mol. The Morgan fingerprint density at radius 1 is 0.344 bits per heavy atom. The lowest BCUT2D eigenvalue weighted by molar-refractivity contribution is 0.550. The molecule has 0 amide bonds. The molecule has 2 nitrogen and oxygen atoms in total. The lowest BCUT2D eigenvalue weighted by Crippen LogP contribution is -2.05. The van der Waals surface area contributed by atoms with Crippen molar-refractivity contribution in [3.63, 3.8) is 0 Å². The summed E-state index contributed by atoms with van der Waals surface area (Å²) in [5.41, 5.74) is 25.5. The summed E-state index contributed by atoms with van der Waals surface area (Å²) in [6.07, 6.45) is 38.9. The van der Waals surface area contributed by atoms with Crippen LogP contribution in [0, 0.1) is 13.8 Å². The Balaban J connectivity index is 1.09. The van der Waals surface area contributed by atoms with Gasteiger partial charge in [0.2, 0.25) is 0 Å². The second-order valence-electron chi connectivity index (χ2n) is 19.0. The van der Waals surface area contributed by atoms with Gasteiger partial charge in [-0.05, 0) is 121 Å². The van der Waals surface area contributed by atoms with Gasteiger partial charge in [-0.25, -0.2) is 0 Å². The number of hydrogen-bond acceptors (Lipinski definition) is 2. The molecule has 0 bridgehead atoms. The molecule has 0 aliphatic carbocycles. The lowest BCUT2D eigenvalue weighted by atomic mass is 9.84. The van der Waals surface area contributed by atoms with E-state index in [1.165, 1.54) is 231 Å². The molecule has 2 heteroatoms. The molecule has 0 saturated carbocycles. The maximum Gasteiger partial charge on any atom is 0.0316 e. The molecule has 0 aliphatic rings. The van der Waals surface area contributed by atoms with Gasteiger partial charge in [0.05, 0.1) is 0 Å². The van der Waals surface area contributed by atoms with Crippen LogP contribution in [0.2, 0.25) is 0 Å². The number of rotatable bonds is 34. The fraction of sp³-hybridized carbons (Fsp3) is 0.593. The van der Waals surface area contributed by atoms with Crippen molar-refractivity contribution in [1.82, 2.24) is 0 Å². The first-order valence-corrected chi connectivity index (χ1v) is 25.8. The molecule has 2 atom stereocenters. The van der Waals surface area contributed by atoms with Crippen molar-refractivity contribution in [2.45, 2.75) is 226 Å². The highest BCUT2D eigenvalue weighted by Crippen LogP contribution is 2.35. The van der Waals surface area contributed by atoms with Crippen LogP contribution < -0.4 is 11.5 Å². The Morgan fingerprint density at radius 2 is 0.639 bits per heavy atom. The van der Waals surface area contributed by atoms with E-state index in [1.54, 1.807) is 0 Å². The minimum absolute atomic E-state index is 0.458. The Labute approximate surface area is 376 Å². The Bertz CT molecular complexity index is 1580. The molecule has 0 aromatic heterocycles. The molecular weight excluding hydrogens is 737 g/mol. The number of aryl methyl sites for hydroxylation is 4. The number of anilines is 2. The largest absolute Gasteiger partial charge is 0.399 e. The third-order valence-corrected chi connectivity index (χ3v) is 13.7. The number of benzene rings is 4. The number of unbranched alkanes of at least 4 members (excludes halogenated alkanes) is 22. The molecular formula is C59H90N2. The predicted octanol–water partition coefficient (Wildman–Crippen LogP) is 18.1. The topological polar surface area (TPSA) is 52.0 Å². The van der Waals surface area contributed by atoms with Crippen LogP contribution in [0.3, 0.4) is 0 Å². The normalized spacial score (nSPS) is 12.5. The summed E-state index contributed by atoms with van der Waals surface area (Å²) in [4.78, 5) is 0. The highest BCUT2D eigenvalue weighted by atomic mass is 14.5. The third kappa shape index (κ3) is 19.6. The second kappa shape index (κ2) is 30.5. The molecule has 4 aromatic rings. The number of nitrogens with two attached hydrogens (primary N) is 2. The van der Waals surface area contributed by atoms with Crippen LogP contribution in [-0.2, 0) is 12.8 Å². The van der Waals surface area contributed by atoms with Crippen molar-refractivity contribution >= 4 is 11.4 Å². The molecule has 0 saturated heterocycles.